The third kappa shape index (κ3) is 8.88. The van der Waals surface area contributed by atoms with Gasteiger partial charge < -0.3 is 0 Å². The lowest BCUT2D eigenvalue weighted by Gasteiger charge is -1.94. The van der Waals surface area contributed by atoms with E-state index in [1.165, 1.54) is 0 Å². The topological polar surface area (TPSA) is 71.4 Å². The van der Waals surface area contributed by atoms with Crippen LogP contribution in [0.25, 0.3) is 0 Å². The third-order valence-electron chi connectivity index (χ3n) is 3.33. The zero-order valence-corrected chi connectivity index (χ0v) is 16.5. The molecule has 28 heavy (non-hydrogen) atoms. The van der Waals surface area contributed by atoms with Crippen molar-refractivity contribution in [3.63, 3.8) is 0 Å². The van der Waals surface area contributed by atoms with Crippen molar-refractivity contribution >= 4 is 23.2 Å². The van der Waals surface area contributed by atoms with Crippen molar-refractivity contribution in [1.82, 2.24) is 0 Å². The van der Waals surface area contributed by atoms with Crippen LogP contribution in [0.1, 0.15) is 16.7 Å². The van der Waals surface area contributed by atoms with Crippen molar-refractivity contribution in [2.45, 2.75) is 12.8 Å². The summed E-state index contributed by atoms with van der Waals surface area (Å²) < 4.78 is 0. The van der Waals surface area contributed by atoms with Crippen LogP contribution in [0.3, 0.4) is 0 Å². The quantitative estimate of drug-likeness (QED) is 0.496. The minimum atomic E-state index is 0.339. The van der Waals surface area contributed by atoms with Gasteiger partial charge in [0.25, 0.3) is 0 Å². The molecule has 0 aliphatic rings. The van der Waals surface area contributed by atoms with Gasteiger partial charge in [-0.3, -0.25) is 0 Å². The normalized spacial score (nSPS) is 8.54. The van der Waals surface area contributed by atoms with Crippen LogP contribution in [0.4, 0.5) is 0 Å². The maximum atomic E-state index is 8.48. The number of hydrogen-bond acceptors (Lipinski definition) is 3. The van der Waals surface area contributed by atoms with Crippen molar-refractivity contribution in [3.05, 3.63) is 106 Å². The Bertz CT molecular complexity index is 895. The molecule has 0 aliphatic heterocycles. The van der Waals surface area contributed by atoms with E-state index in [0.29, 0.717) is 28.5 Å². The summed E-state index contributed by atoms with van der Waals surface area (Å²) in [6.07, 6.45) is 1.03. The van der Waals surface area contributed by atoms with Crippen LogP contribution < -0.4 is 0 Å². The van der Waals surface area contributed by atoms with Gasteiger partial charge in [0.2, 0.25) is 0 Å². The lowest BCUT2D eigenvalue weighted by molar-refractivity contribution is 1.26. The van der Waals surface area contributed by atoms with Gasteiger partial charge in [0.05, 0.1) is 40.6 Å². The first-order valence-electron chi connectivity index (χ1n) is 8.28. The van der Waals surface area contributed by atoms with E-state index in [1.807, 2.05) is 66.7 Å². The molecule has 0 amide bonds. The number of benzene rings is 3. The monoisotopic (exact) mass is 405 g/mol. The van der Waals surface area contributed by atoms with Crippen molar-refractivity contribution in [2.75, 3.05) is 0 Å². The lowest BCUT2D eigenvalue weighted by Crippen LogP contribution is -1.76. The van der Waals surface area contributed by atoms with Gasteiger partial charge in [-0.2, -0.15) is 15.8 Å². The van der Waals surface area contributed by atoms with Crippen LogP contribution in [0.15, 0.2) is 78.9 Å². The van der Waals surface area contributed by atoms with Crippen LogP contribution in [0, 0.1) is 34.0 Å². The van der Waals surface area contributed by atoms with E-state index in [1.54, 1.807) is 18.2 Å². The van der Waals surface area contributed by atoms with E-state index in [2.05, 4.69) is 12.1 Å². The first-order chi connectivity index (χ1) is 13.6. The molecule has 0 aromatic heterocycles. The maximum Gasteiger partial charge on any atom is 0.102 e. The van der Waals surface area contributed by atoms with E-state index in [9.17, 15) is 0 Å². The highest BCUT2D eigenvalue weighted by atomic mass is 35.5. The average Bonchev–Trinajstić information content (AvgIpc) is 2.71. The van der Waals surface area contributed by atoms with Gasteiger partial charge in [-0.25, -0.2) is 0 Å². The lowest BCUT2D eigenvalue weighted by atomic mass is 10.2. The molecule has 0 saturated heterocycles. The molecule has 0 radical (unpaired) electrons. The van der Waals surface area contributed by atoms with Crippen molar-refractivity contribution < 1.29 is 0 Å². The Labute approximate surface area is 175 Å². The molecule has 0 heterocycles. The Kier molecular flexibility index (Phi) is 11.3. The van der Waals surface area contributed by atoms with Gasteiger partial charge in [0.15, 0.2) is 0 Å². The summed E-state index contributed by atoms with van der Waals surface area (Å²) in [4.78, 5) is 0. The third-order valence-corrected chi connectivity index (χ3v) is 3.96. The second kappa shape index (κ2) is 13.9. The van der Waals surface area contributed by atoms with Gasteiger partial charge in [0, 0.05) is 0 Å². The SMILES string of the molecule is N#CCc1ccccc1.N#CCc1ccccc1.N#Cc1c(Cl)cccc1Cl. The van der Waals surface area contributed by atoms with E-state index >= 15 is 0 Å². The molecule has 0 atom stereocenters. The van der Waals surface area contributed by atoms with Crippen LogP contribution in [-0.4, -0.2) is 0 Å². The van der Waals surface area contributed by atoms with Crippen molar-refractivity contribution in [2.24, 2.45) is 0 Å². The Hall–Kier alpha value is -3.29. The summed E-state index contributed by atoms with van der Waals surface area (Å²) in [6.45, 7) is 0. The second-order valence-corrected chi connectivity index (χ2v) is 6.16. The number of hydrogen-bond donors (Lipinski definition) is 0. The number of halogens is 2. The number of nitriles is 3. The number of rotatable bonds is 2. The minimum absolute atomic E-state index is 0.339. The van der Waals surface area contributed by atoms with Gasteiger partial charge in [0.1, 0.15) is 6.07 Å². The largest absolute Gasteiger partial charge is 0.198 e. The predicted octanol–water partition coefficient (Wildman–Crippen LogP) is 6.37. The molecule has 0 unspecified atom stereocenters. The van der Waals surface area contributed by atoms with Crippen molar-refractivity contribution in [1.29, 1.82) is 15.8 Å². The molecule has 3 aromatic rings. The molecule has 0 aliphatic carbocycles. The zero-order valence-electron chi connectivity index (χ0n) is 15.0. The highest BCUT2D eigenvalue weighted by Gasteiger charge is 2.01. The average molecular weight is 406 g/mol. The summed E-state index contributed by atoms with van der Waals surface area (Å²) in [5.41, 5.74) is 2.51. The van der Waals surface area contributed by atoms with Gasteiger partial charge in [-0.05, 0) is 23.3 Å². The Morgan fingerprint density at radius 1 is 0.571 bits per heavy atom. The van der Waals surface area contributed by atoms with Gasteiger partial charge in [-0.1, -0.05) is 89.9 Å². The molecule has 0 spiro atoms. The standard InChI is InChI=1S/2C8H7N.C7H3Cl2N/c2*9-7-6-8-4-2-1-3-5-8;8-6-2-1-3-7(9)5(6)4-10/h2*1-5H,6H2;1-3H. The maximum absolute atomic E-state index is 8.48. The first kappa shape index (κ1) is 22.8. The first-order valence-corrected chi connectivity index (χ1v) is 9.03. The van der Waals surface area contributed by atoms with E-state index in [4.69, 9.17) is 39.0 Å². The summed E-state index contributed by atoms with van der Waals surface area (Å²) in [6, 6.07) is 30.5. The summed E-state index contributed by atoms with van der Waals surface area (Å²) in [7, 11) is 0. The molecule has 0 bridgehead atoms. The Morgan fingerprint density at radius 2 is 0.964 bits per heavy atom. The van der Waals surface area contributed by atoms with Gasteiger partial charge >= 0.3 is 0 Å². The van der Waals surface area contributed by atoms with Crippen molar-refractivity contribution in [3.8, 4) is 18.2 Å². The highest BCUT2D eigenvalue weighted by molar-refractivity contribution is 6.36. The molecule has 3 aromatic carbocycles. The molecule has 0 saturated carbocycles. The van der Waals surface area contributed by atoms with Crippen LogP contribution >= 0.6 is 23.2 Å². The van der Waals surface area contributed by atoms with E-state index < -0.39 is 0 Å². The highest BCUT2D eigenvalue weighted by Crippen LogP contribution is 2.22. The molecule has 0 N–H and O–H groups in total. The number of nitrogens with zero attached hydrogens (tertiary/aromatic N) is 3. The zero-order chi connectivity index (χ0) is 20.6. The molecule has 0 fully saturated rings. The fourth-order valence-electron chi connectivity index (χ4n) is 1.98. The van der Waals surface area contributed by atoms with Crippen LogP contribution in [-0.2, 0) is 12.8 Å². The molecule has 138 valence electrons. The molecule has 3 rings (SSSR count). The fraction of sp³-hybridized carbons (Fsp3) is 0.0870. The smallest absolute Gasteiger partial charge is 0.102 e. The predicted molar refractivity (Wildman–Crippen MR) is 113 cm³/mol. The minimum Gasteiger partial charge on any atom is -0.198 e. The van der Waals surface area contributed by atoms with Crippen LogP contribution in [0.5, 0.6) is 0 Å². The molecular weight excluding hydrogens is 389 g/mol. The second-order valence-electron chi connectivity index (χ2n) is 5.35. The summed E-state index contributed by atoms with van der Waals surface area (Å²) in [5, 5.41) is 25.8. The van der Waals surface area contributed by atoms with Crippen LogP contribution in [0.2, 0.25) is 10.0 Å². The Balaban J connectivity index is 0.000000210. The van der Waals surface area contributed by atoms with E-state index in [-0.39, 0.29) is 0 Å². The van der Waals surface area contributed by atoms with E-state index in [0.717, 1.165) is 11.1 Å². The molecule has 3 nitrogen and oxygen atoms in total. The van der Waals surface area contributed by atoms with Gasteiger partial charge in [-0.15, -0.1) is 0 Å². The summed E-state index contributed by atoms with van der Waals surface area (Å²) in [5.74, 6) is 0. The molecule has 5 heteroatoms. The Morgan fingerprint density at radius 3 is 1.25 bits per heavy atom. The summed E-state index contributed by atoms with van der Waals surface area (Å²) >= 11 is 11.2. The molecular formula is C23H17Cl2N3. The fourth-order valence-corrected chi connectivity index (χ4v) is 2.46.